The van der Waals surface area contributed by atoms with E-state index in [-0.39, 0.29) is 0 Å². The predicted octanol–water partition coefficient (Wildman–Crippen LogP) is 4.61. The molecule has 0 bridgehead atoms. The van der Waals surface area contributed by atoms with Crippen molar-refractivity contribution in [3.8, 4) is 11.5 Å². The van der Waals surface area contributed by atoms with E-state index in [1.807, 2.05) is 13.0 Å². The molecule has 3 nitrogen and oxygen atoms in total. The Balaban J connectivity index is 2.11. The van der Waals surface area contributed by atoms with E-state index in [2.05, 4.69) is 36.6 Å². The van der Waals surface area contributed by atoms with E-state index in [4.69, 9.17) is 15.2 Å². The van der Waals surface area contributed by atoms with Gasteiger partial charge in [-0.05, 0) is 48.9 Å². The maximum absolute atomic E-state index is 5.97. The summed E-state index contributed by atoms with van der Waals surface area (Å²) in [6.45, 7) is 6.18. The van der Waals surface area contributed by atoms with E-state index in [9.17, 15) is 0 Å². The van der Waals surface area contributed by atoms with Crippen molar-refractivity contribution in [2.24, 2.45) is 5.73 Å². The Labute approximate surface area is 143 Å². The summed E-state index contributed by atoms with van der Waals surface area (Å²) < 4.78 is 11.6. The molecular weight excluding hydrogens is 306 g/mol. The molecule has 0 aliphatic rings. The lowest BCUT2D eigenvalue weighted by atomic mass is 9.97. The molecule has 4 heteroatoms. The number of hydrogen-bond acceptors (Lipinski definition) is 4. The fourth-order valence-electron chi connectivity index (χ4n) is 2.50. The third kappa shape index (κ3) is 5.26. The van der Waals surface area contributed by atoms with E-state index in [1.165, 1.54) is 10.4 Å². The second-order valence-corrected chi connectivity index (χ2v) is 6.55. The first-order valence-electron chi connectivity index (χ1n) is 8.40. The van der Waals surface area contributed by atoms with Gasteiger partial charge in [0.1, 0.15) is 0 Å². The van der Waals surface area contributed by atoms with Crippen LogP contribution in [0.25, 0.3) is 0 Å². The van der Waals surface area contributed by atoms with Crippen LogP contribution in [-0.4, -0.2) is 19.8 Å². The highest BCUT2D eigenvalue weighted by Crippen LogP contribution is 2.31. The van der Waals surface area contributed by atoms with Crippen molar-refractivity contribution in [2.75, 3.05) is 19.8 Å². The van der Waals surface area contributed by atoms with Crippen molar-refractivity contribution in [3.63, 3.8) is 0 Å². The average molecular weight is 333 g/mol. The van der Waals surface area contributed by atoms with Gasteiger partial charge in [-0.3, -0.25) is 0 Å². The van der Waals surface area contributed by atoms with Crippen molar-refractivity contribution in [3.05, 3.63) is 46.2 Å². The minimum atomic E-state index is 0.358. The molecule has 2 rings (SSSR count). The number of unbranched alkanes of at least 4 members (excludes halogenated alkanes) is 1. The van der Waals surface area contributed by atoms with Crippen molar-refractivity contribution in [2.45, 2.75) is 39.0 Å². The highest BCUT2D eigenvalue weighted by Gasteiger charge is 2.14. The molecule has 1 aromatic carbocycles. The van der Waals surface area contributed by atoms with E-state index >= 15 is 0 Å². The van der Waals surface area contributed by atoms with Gasteiger partial charge in [-0.25, -0.2) is 0 Å². The van der Waals surface area contributed by atoms with Crippen molar-refractivity contribution in [1.29, 1.82) is 0 Å². The van der Waals surface area contributed by atoms with Crippen LogP contribution < -0.4 is 15.2 Å². The largest absolute Gasteiger partial charge is 0.490 e. The van der Waals surface area contributed by atoms with Gasteiger partial charge in [-0.15, -0.1) is 11.3 Å². The minimum Gasteiger partial charge on any atom is -0.490 e. The second kappa shape index (κ2) is 9.58. The standard InChI is InChI=1S/C19H27NO2S/c1-3-5-10-22-17-9-8-15(13-18(17)21-4-2)12-16(14-20)19-7-6-11-23-19/h6-9,11,13,16H,3-5,10,12,14,20H2,1-2H3. The topological polar surface area (TPSA) is 44.5 Å². The van der Waals surface area contributed by atoms with Crippen LogP contribution in [0.15, 0.2) is 35.7 Å². The molecule has 1 heterocycles. The summed E-state index contributed by atoms with van der Waals surface area (Å²) in [6, 6.07) is 10.5. The summed E-state index contributed by atoms with van der Waals surface area (Å²) >= 11 is 1.77. The van der Waals surface area contributed by atoms with Crippen LogP contribution in [0.1, 0.15) is 43.0 Å². The van der Waals surface area contributed by atoms with Gasteiger partial charge >= 0.3 is 0 Å². The van der Waals surface area contributed by atoms with Gasteiger partial charge in [0, 0.05) is 17.3 Å². The molecule has 1 aromatic heterocycles. The normalized spacial score (nSPS) is 12.1. The highest BCUT2D eigenvalue weighted by molar-refractivity contribution is 7.10. The lowest BCUT2D eigenvalue weighted by Crippen LogP contribution is -2.14. The number of hydrogen-bond donors (Lipinski definition) is 1. The number of nitrogens with two attached hydrogens (primary N) is 1. The van der Waals surface area contributed by atoms with Crippen LogP contribution in [0.4, 0.5) is 0 Å². The summed E-state index contributed by atoms with van der Waals surface area (Å²) in [5.74, 6) is 2.03. The van der Waals surface area contributed by atoms with Gasteiger partial charge in [0.2, 0.25) is 0 Å². The monoisotopic (exact) mass is 333 g/mol. The molecule has 0 amide bonds. The van der Waals surface area contributed by atoms with E-state index in [0.717, 1.165) is 37.4 Å². The quantitative estimate of drug-likeness (QED) is 0.646. The Morgan fingerprint density at radius 3 is 2.65 bits per heavy atom. The summed E-state index contributed by atoms with van der Waals surface area (Å²) in [5, 5.41) is 2.11. The smallest absolute Gasteiger partial charge is 0.161 e. The van der Waals surface area contributed by atoms with E-state index < -0.39 is 0 Å². The molecule has 0 aliphatic heterocycles. The molecule has 23 heavy (non-hydrogen) atoms. The van der Waals surface area contributed by atoms with Crippen LogP contribution >= 0.6 is 11.3 Å². The Morgan fingerprint density at radius 2 is 2.00 bits per heavy atom. The average Bonchev–Trinajstić information content (AvgIpc) is 3.09. The Hall–Kier alpha value is -1.52. The third-order valence-electron chi connectivity index (χ3n) is 3.78. The summed E-state index contributed by atoms with van der Waals surface area (Å²) in [6.07, 6.45) is 3.11. The Bertz CT molecular complexity index is 569. The molecule has 0 radical (unpaired) electrons. The van der Waals surface area contributed by atoms with Gasteiger partial charge in [0.25, 0.3) is 0 Å². The molecule has 126 valence electrons. The zero-order valence-corrected chi connectivity index (χ0v) is 14.9. The summed E-state index contributed by atoms with van der Waals surface area (Å²) in [5.41, 5.74) is 7.21. The first-order valence-corrected chi connectivity index (χ1v) is 9.28. The van der Waals surface area contributed by atoms with E-state index in [1.54, 1.807) is 11.3 Å². The maximum Gasteiger partial charge on any atom is 0.161 e. The molecule has 0 saturated heterocycles. The van der Waals surface area contributed by atoms with Crippen LogP contribution in [0.2, 0.25) is 0 Å². The summed E-state index contributed by atoms with van der Waals surface area (Å²) in [4.78, 5) is 1.34. The number of rotatable bonds is 10. The van der Waals surface area contributed by atoms with E-state index in [0.29, 0.717) is 19.1 Å². The fraction of sp³-hybridized carbons (Fsp3) is 0.474. The number of thiophene rings is 1. The molecule has 2 aromatic rings. The molecule has 0 fully saturated rings. The van der Waals surface area contributed by atoms with Crippen molar-refractivity contribution < 1.29 is 9.47 Å². The number of ether oxygens (including phenoxy) is 2. The first kappa shape index (κ1) is 17.8. The fourth-order valence-corrected chi connectivity index (χ4v) is 3.35. The van der Waals surface area contributed by atoms with Gasteiger partial charge in [-0.1, -0.05) is 25.5 Å². The zero-order valence-electron chi connectivity index (χ0n) is 14.1. The highest BCUT2D eigenvalue weighted by atomic mass is 32.1. The molecule has 1 atom stereocenters. The molecule has 1 unspecified atom stereocenters. The SMILES string of the molecule is CCCCOc1ccc(CC(CN)c2cccs2)cc1OCC. The third-order valence-corrected chi connectivity index (χ3v) is 4.81. The van der Waals surface area contributed by atoms with Gasteiger partial charge in [0.15, 0.2) is 11.5 Å². The number of benzene rings is 1. The van der Waals surface area contributed by atoms with Gasteiger partial charge < -0.3 is 15.2 Å². The van der Waals surface area contributed by atoms with Crippen LogP contribution in [0.5, 0.6) is 11.5 Å². The molecular formula is C19H27NO2S. The van der Waals surface area contributed by atoms with Crippen LogP contribution in [0.3, 0.4) is 0 Å². The Kier molecular flexibility index (Phi) is 7.43. The first-order chi connectivity index (χ1) is 11.3. The summed E-state index contributed by atoms with van der Waals surface area (Å²) in [7, 11) is 0. The lowest BCUT2D eigenvalue weighted by molar-refractivity contribution is 0.272. The van der Waals surface area contributed by atoms with Gasteiger partial charge in [0.05, 0.1) is 13.2 Å². The maximum atomic E-state index is 5.97. The zero-order chi connectivity index (χ0) is 16.5. The van der Waals surface area contributed by atoms with Crippen molar-refractivity contribution in [1.82, 2.24) is 0 Å². The van der Waals surface area contributed by atoms with Crippen LogP contribution in [0, 0.1) is 0 Å². The van der Waals surface area contributed by atoms with Crippen LogP contribution in [-0.2, 0) is 6.42 Å². The predicted molar refractivity (Wildman–Crippen MR) is 97.8 cm³/mol. The lowest BCUT2D eigenvalue weighted by Gasteiger charge is -2.16. The molecule has 0 spiro atoms. The second-order valence-electron chi connectivity index (χ2n) is 5.57. The van der Waals surface area contributed by atoms with Gasteiger partial charge in [-0.2, -0.15) is 0 Å². The minimum absolute atomic E-state index is 0.358. The Morgan fingerprint density at radius 1 is 1.13 bits per heavy atom. The molecule has 0 saturated carbocycles. The molecule has 2 N–H and O–H groups in total. The van der Waals surface area contributed by atoms with Crippen molar-refractivity contribution >= 4 is 11.3 Å². The molecule has 0 aliphatic carbocycles.